The summed E-state index contributed by atoms with van der Waals surface area (Å²) in [6, 6.07) is 40.5. The molecular formula is C26H24Ti. The summed E-state index contributed by atoms with van der Waals surface area (Å²) in [4.78, 5) is 0. The van der Waals surface area contributed by atoms with Gasteiger partial charge in [-0.25, -0.2) is 0 Å². The van der Waals surface area contributed by atoms with E-state index in [2.05, 4.69) is 62.4 Å². The van der Waals surface area contributed by atoms with Crippen molar-refractivity contribution in [3.8, 4) is 11.1 Å². The first-order valence-electron chi connectivity index (χ1n) is 8.60. The average molecular weight is 384 g/mol. The quantitative estimate of drug-likeness (QED) is 0.243. The maximum absolute atomic E-state index is 3.72. The predicted molar refractivity (Wildman–Crippen MR) is 114 cm³/mol. The second kappa shape index (κ2) is 13.5. The van der Waals surface area contributed by atoms with E-state index in [-0.39, 0.29) is 21.7 Å². The Bertz CT molecular complexity index is 751. The van der Waals surface area contributed by atoms with Gasteiger partial charge < -0.3 is 0 Å². The van der Waals surface area contributed by atoms with Gasteiger partial charge in [-0.1, -0.05) is 72.8 Å². The zero-order valence-electron chi connectivity index (χ0n) is 15.5. The zero-order valence-corrected chi connectivity index (χ0v) is 17.0. The maximum atomic E-state index is 3.72. The molecule has 0 aliphatic carbocycles. The molecule has 4 aromatic rings. The predicted octanol–water partition coefficient (Wildman–Crippen LogP) is 7.09. The minimum absolute atomic E-state index is 0. The molecule has 0 aromatic heterocycles. The van der Waals surface area contributed by atoms with E-state index in [9.17, 15) is 0 Å². The van der Waals surface area contributed by atoms with Crippen LogP contribution in [-0.2, 0) is 21.7 Å². The van der Waals surface area contributed by atoms with E-state index >= 15 is 0 Å². The van der Waals surface area contributed by atoms with Gasteiger partial charge in [0.25, 0.3) is 0 Å². The number of benzene rings is 4. The third-order valence-electron chi connectivity index (χ3n) is 3.57. The molecule has 27 heavy (non-hydrogen) atoms. The summed E-state index contributed by atoms with van der Waals surface area (Å²) in [5.74, 6) is 0. The summed E-state index contributed by atoms with van der Waals surface area (Å²) >= 11 is 0. The monoisotopic (exact) mass is 384 g/mol. The van der Waals surface area contributed by atoms with Gasteiger partial charge in [0.05, 0.1) is 0 Å². The molecule has 0 saturated heterocycles. The molecule has 0 aliphatic heterocycles. The fourth-order valence-electron chi connectivity index (χ4n) is 2.22. The van der Waals surface area contributed by atoms with E-state index in [1.54, 1.807) is 0 Å². The smallest absolute Gasteiger partial charge is 0.199 e. The van der Waals surface area contributed by atoms with Gasteiger partial charge in [-0.3, -0.25) is 0 Å². The number of rotatable bonds is 1. The Morgan fingerprint density at radius 3 is 0.741 bits per heavy atom. The van der Waals surface area contributed by atoms with Crippen molar-refractivity contribution < 1.29 is 21.7 Å². The third kappa shape index (κ3) is 9.56. The molecule has 132 valence electrons. The van der Waals surface area contributed by atoms with Crippen molar-refractivity contribution in [2.45, 2.75) is 0 Å². The molecule has 0 amide bonds. The normalized spacial score (nSPS) is 8.74. The Hall–Kier alpha value is -2.67. The van der Waals surface area contributed by atoms with Crippen molar-refractivity contribution in [2.75, 3.05) is 0 Å². The SMILES string of the molecule is [CH2-]c1ccccc1.[CH2-]c1ccccc1.[Ti+2].c1ccc(-c2ccccc2)cc1. The van der Waals surface area contributed by atoms with E-state index in [0.717, 1.165) is 11.1 Å². The first kappa shape index (κ1) is 22.4. The summed E-state index contributed by atoms with van der Waals surface area (Å²) in [5.41, 5.74) is 4.70. The van der Waals surface area contributed by atoms with Crippen molar-refractivity contribution in [1.29, 1.82) is 0 Å². The molecule has 0 radical (unpaired) electrons. The first-order valence-corrected chi connectivity index (χ1v) is 8.60. The van der Waals surface area contributed by atoms with Crippen molar-refractivity contribution in [3.63, 3.8) is 0 Å². The van der Waals surface area contributed by atoms with Crippen LogP contribution in [0.2, 0.25) is 0 Å². The molecular weight excluding hydrogens is 360 g/mol. The molecule has 1 heteroatoms. The molecule has 0 saturated carbocycles. The van der Waals surface area contributed by atoms with E-state index in [1.165, 1.54) is 11.1 Å². The van der Waals surface area contributed by atoms with Crippen molar-refractivity contribution in [3.05, 3.63) is 146 Å². The van der Waals surface area contributed by atoms with E-state index in [4.69, 9.17) is 0 Å². The van der Waals surface area contributed by atoms with Gasteiger partial charge in [0, 0.05) is 0 Å². The van der Waals surface area contributed by atoms with Crippen LogP contribution in [0, 0.1) is 13.8 Å². The fourth-order valence-corrected chi connectivity index (χ4v) is 2.22. The van der Waals surface area contributed by atoms with Crippen LogP contribution in [0.25, 0.3) is 11.1 Å². The Morgan fingerprint density at radius 1 is 0.333 bits per heavy atom. The van der Waals surface area contributed by atoms with Crippen LogP contribution < -0.4 is 0 Å². The molecule has 0 heterocycles. The topological polar surface area (TPSA) is 0 Å². The Balaban J connectivity index is 0.000000211. The molecule has 4 rings (SSSR count). The van der Waals surface area contributed by atoms with Crippen molar-refractivity contribution in [1.82, 2.24) is 0 Å². The molecule has 0 N–H and O–H groups in total. The molecule has 0 unspecified atom stereocenters. The second-order valence-electron chi connectivity index (χ2n) is 5.70. The van der Waals surface area contributed by atoms with Crippen LogP contribution in [-0.4, -0.2) is 0 Å². The summed E-state index contributed by atoms with van der Waals surface area (Å²) in [6.07, 6.45) is 0. The summed E-state index contributed by atoms with van der Waals surface area (Å²) in [6.45, 7) is 7.44. The number of hydrogen-bond acceptors (Lipinski definition) is 0. The molecule has 0 spiro atoms. The number of hydrogen-bond donors (Lipinski definition) is 0. The molecule has 0 aliphatic rings. The molecule has 0 nitrogen and oxygen atoms in total. The molecule has 4 aromatic carbocycles. The zero-order chi connectivity index (χ0) is 18.5. The first-order chi connectivity index (χ1) is 12.8. The van der Waals surface area contributed by atoms with E-state index < -0.39 is 0 Å². The largest absolute Gasteiger partial charge is 2.00 e. The Kier molecular flexibility index (Phi) is 11.2. The minimum Gasteiger partial charge on any atom is -0.199 e. The van der Waals surface area contributed by atoms with Gasteiger partial charge in [0.15, 0.2) is 0 Å². The van der Waals surface area contributed by atoms with Gasteiger partial charge in [-0.05, 0) is 11.1 Å². The second-order valence-corrected chi connectivity index (χ2v) is 5.70. The van der Waals surface area contributed by atoms with Gasteiger partial charge in [-0.15, -0.1) is 24.3 Å². The van der Waals surface area contributed by atoms with Gasteiger partial charge in [0.1, 0.15) is 0 Å². The summed E-state index contributed by atoms with van der Waals surface area (Å²) in [7, 11) is 0. The molecule has 0 bridgehead atoms. The molecule has 0 fully saturated rings. The van der Waals surface area contributed by atoms with Crippen LogP contribution in [0.4, 0.5) is 0 Å². The average Bonchev–Trinajstić information content (AvgIpc) is 2.72. The van der Waals surface area contributed by atoms with Crippen molar-refractivity contribution >= 4 is 0 Å². The molecule has 0 atom stereocenters. The fraction of sp³-hybridized carbons (Fsp3) is 0. The standard InChI is InChI=1S/C12H10.2C7H7.Ti/c1-3-7-11(8-4-1)12-9-5-2-6-10-12;2*1-7-5-3-2-4-6-7;/h1-10H;2*2-6H,1H2;/q;2*-1;+2. The Morgan fingerprint density at radius 2 is 0.556 bits per heavy atom. The minimum atomic E-state index is 0. The van der Waals surface area contributed by atoms with Gasteiger partial charge in [-0.2, -0.15) is 49.2 Å². The third-order valence-corrected chi connectivity index (χ3v) is 3.57. The van der Waals surface area contributed by atoms with Crippen LogP contribution >= 0.6 is 0 Å². The van der Waals surface area contributed by atoms with Crippen LogP contribution in [0.3, 0.4) is 0 Å². The van der Waals surface area contributed by atoms with Crippen LogP contribution in [0.1, 0.15) is 11.1 Å². The van der Waals surface area contributed by atoms with Crippen LogP contribution in [0.5, 0.6) is 0 Å². The van der Waals surface area contributed by atoms with Gasteiger partial charge in [0.2, 0.25) is 0 Å². The van der Waals surface area contributed by atoms with Gasteiger partial charge >= 0.3 is 21.7 Å². The summed E-state index contributed by atoms with van der Waals surface area (Å²) in [5, 5.41) is 0. The maximum Gasteiger partial charge on any atom is 2.00 e. The van der Waals surface area contributed by atoms with Crippen molar-refractivity contribution in [2.24, 2.45) is 0 Å². The van der Waals surface area contributed by atoms with E-state index in [0.29, 0.717) is 0 Å². The van der Waals surface area contributed by atoms with E-state index in [1.807, 2.05) is 72.8 Å². The van der Waals surface area contributed by atoms with Crippen LogP contribution in [0.15, 0.2) is 121 Å². The summed E-state index contributed by atoms with van der Waals surface area (Å²) < 4.78 is 0. The Labute approximate surface area is 178 Å².